The third-order valence-corrected chi connectivity index (χ3v) is 1.62. The van der Waals surface area contributed by atoms with Gasteiger partial charge in [-0.15, -0.1) is 0 Å². The van der Waals surface area contributed by atoms with E-state index in [0.29, 0.717) is 18.7 Å². The van der Waals surface area contributed by atoms with Gasteiger partial charge >= 0.3 is 5.63 Å². The predicted molar refractivity (Wildman–Crippen MR) is 51.2 cm³/mol. The molecule has 1 aromatic rings. The Labute approximate surface area is 81.1 Å². The van der Waals surface area contributed by atoms with Gasteiger partial charge in [-0.25, -0.2) is 4.79 Å². The van der Waals surface area contributed by atoms with Crippen molar-refractivity contribution in [3.05, 3.63) is 34.4 Å². The molecule has 0 aromatic carbocycles. The molecule has 1 heterocycles. The van der Waals surface area contributed by atoms with Crippen molar-refractivity contribution in [3.63, 3.8) is 0 Å². The predicted octanol–water partition coefficient (Wildman–Crippen LogP) is -0.411. The molecule has 0 spiro atoms. The van der Waals surface area contributed by atoms with E-state index < -0.39 is 5.63 Å². The highest BCUT2D eigenvalue weighted by atomic mass is 16.4. The second kappa shape index (κ2) is 5.18. The summed E-state index contributed by atoms with van der Waals surface area (Å²) < 4.78 is 4.55. The number of amides is 1. The van der Waals surface area contributed by atoms with E-state index in [9.17, 15) is 9.59 Å². The minimum Gasteiger partial charge on any atom is -0.430 e. The van der Waals surface area contributed by atoms with E-state index in [1.165, 1.54) is 12.1 Å². The first-order valence-corrected chi connectivity index (χ1v) is 4.25. The fourth-order valence-corrected chi connectivity index (χ4v) is 0.890. The number of carbonyl (C=O) groups excluding carboxylic acids is 1. The van der Waals surface area contributed by atoms with Crippen LogP contribution in [-0.2, 0) is 0 Å². The third-order valence-electron chi connectivity index (χ3n) is 1.62. The maximum atomic E-state index is 11.3. The van der Waals surface area contributed by atoms with Gasteiger partial charge in [0.25, 0.3) is 5.91 Å². The highest BCUT2D eigenvalue weighted by Crippen LogP contribution is 1.93. The van der Waals surface area contributed by atoms with Gasteiger partial charge in [-0.2, -0.15) is 0 Å². The number of likely N-dealkylation sites (N-methyl/N-ethyl adjacent to an activating group) is 1. The molecule has 0 saturated carbocycles. The Balaban J connectivity index is 2.52. The lowest BCUT2D eigenvalue weighted by molar-refractivity contribution is 0.0951. The van der Waals surface area contributed by atoms with Crippen LogP contribution in [0.4, 0.5) is 0 Å². The van der Waals surface area contributed by atoms with Crippen LogP contribution in [0.15, 0.2) is 27.6 Å². The molecule has 0 atom stereocenters. The first-order chi connectivity index (χ1) is 6.74. The molecular formula is C9H12N2O3. The molecule has 2 N–H and O–H groups in total. The van der Waals surface area contributed by atoms with Crippen molar-refractivity contribution in [1.29, 1.82) is 0 Å². The normalized spacial score (nSPS) is 9.79. The van der Waals surface area contributed by atoms with Crippen molar-refractivity contribution < 1.29 is 9.21 Å². The third kappa shape index (κ3) is 3.02. The van der Waals surface area contributed by atoms with Gasteiger partial charge < -0.3 is 15.1 Å². The highest BCUT2D eigenvalue weighted by Gasteiger charge is 2.04. The van der Waals surface area contributed by atoms with Gasteiger partial charge in [-0.3, -0.25) is 4.79 Å². The first-order valence-electron chi connectivity index (χ1n) is 4.25. The summed E-state index contributed by atoms with van der Waals surface area (Å²) in [6.07, 6.45) is 1.15. The molecule has 0 bridgehead atoms. The van der Waals surface area contributed by atoms with E-state index in [4.69, 9.17) is 0 Å². The number of rotatable bonds is 4. The van der Waals surface area contributed by atoms with Crippen molar-refractivity contribution in [3.8, 4) is 0 Å². The van der Waals surface area contributed by atoms with E-state index >= 15 is 0 Å². The summed E-state index contributed by atoms with van der Waals surface area (Å²) in [7, 11) is 1.80. The lowest BCUT2D eigenvalue weighted by Gasteiger charge is -2.02. The zero-order valence-electron chi connectivity index (χ0n) is 7.87. The Morgan fingerprint density at radius 3 is 2.79 bits per heavy atom. The number of nitrogens with one attached hydrogen (secondary N) is 2. The standard InChI is InChI=1S/C9H12N2O3/c1-10-4-5-11-9(13)7-2-3-8(12)14-6-7/h2-3,6,10H,4-5H2,1H3,(H,11,13). The second-order valence-corrected chi connectivity index (χ2v) is 2.70. The maximum absolute atomic E-state index is 11.3. The van der Waals surface area contributed by atoms with Crippen LogP contribution in [-0.4, -0.2) is 26.0 Å². The second-order valence-electron chi connectivity index (χ2n) is 2.70. The molecule has 0 aliphatic rings. The van der Waals surface area contributed by atoms with Gasteiger partial charge in [0, 0.05) is 19.2 Å². The fraction of sp³-hybridized carbons (Fsp3) is 0.333. The lowest BCUT2D eigenvalue weighted by atomic mass is 10.3. The van der Waals surface area contributed by atoms with Crippen LogP contribution in [0.2, 0.25) is 0 Å². The van der Waals surface area contributed by atoms with Crippen molar-refractivity contribution in [2.75, 3.05) is 20.1 Å². The van der Waals surface area contributed by atoms with Crippen molar-refractivity contribution in [1.82, 2.24) is 10.6 Å². The minimum atomic E-state index is -0.461. The molecule has 0 unspecified atom stereocenters. The van der Waals surface area contributed by atoms with Crippen molar-refractivity contribution in [2.45, 2.75) is 0 Å². The Kier molecular flexibility index (Phi) is 3.87. The summed E-state index contributed by atoms with van der Waals surface area (Å²) in [5.74, 6) is -0.246. The lowest BCUT2D eigenvalue weighted by Crippen LogP contribution is -2.30. The van der Waals surface area contributed by atoms with Gasteiger partial charge in [0.05, 0.1) is 5.56 Å². The monoisotopic (exact) mass is 196 g/mol. The van der Waals surface area contributed by atoms with E-state index in [1.54, 1.807) is 7.05 Å². The summed E-state index contributed by atoms with van der Waals surface area (Å²) in [5, 5.41) is 5.55. The Hall–Kier alpha value is -1.62. The topological polar surface area (TPSA) is 71.3 Å². The van der Waals surface area contributed by atoms with Crippen molar-refractivity contribution in [2.24, 2.45) is 0 Å². The number of hydrogen-bond acceptors (Lipinski definition) is 4. The molecular weight excluding hydrogens is 184 g/mol. The molecule has 0 aliphatic heterocycles. The summed E-state index contributed by atoms with van der Waals surface area (Å²) in [6, 6.07) is 2.65. The maximum Gasteiger partial charge on any atom is 0.335 e. The molecule has 0 radical (unpaired) electrons. The molecule has 14 heavy (non-hydrogen) atoms. The van der Waals surface area contributed by atoms with E-state index in [1.807, 2.05) is 0 Å². The Morgan fingerprint density at radius 2 is 2.21 bits per heavy atom. The zero-order chi connectivity index (χ0) is 10.4. The SMILES string of the molecule is CNCCNC(=O)c1ccc(=O)oc1. The molecule has 0 aliphatic carbocycles. The van der Waals surface area contributed by atoms with Gasteiger partial charge in [0.2, 0.25) is 0 Å². The smallest absolute Gasteiger partial charge is 0.335 e. The van der Waals surface area contributed by atoms with Crippen LogP contribution in [0.5, 0.6) is 0 Å². The van der Waals surface area contributed by atoms with E-state index in [-0.39, 0.29) is 5.91 Å². The summed E-state index contributed by atoms with van der Waals surface area (Å²) in [4.78, 5) is 21.9. The van der Waals surface area contributed by atoms with E-state index in [2.05, 4.69) is 15.1 Å². The zero-order valence-corrected chi connectivity index (χ0v) is 7.87. The quantitative estimate of drug-likeness (QED) is 0.642. The first kappa shape index (κ1) is 10.5. The van der Waals surface area contributed by atoms with Gasteiger partial charge in [-0.1, -0.05) is 0 Å². The van der Waals surface area contributed by atoms with Crippen LogP contribution >= 0.6 is 0 Å². The van der Waals surface area contributed by atoms with E-state index in [0.717, 1.165) is 6.26 Å². The highest BCUT2D eigenvalue weighted by molar-refractivity contribution is 5.93. The number of carbonyl (C=O) groups is 1. The van der Waals surface area contributed by atoms with Gasteiger partial charge in [0.15, 0.2) is 0 Å². The van der Waals surface area contributed by atoms with Gasteiger partial charge in [-0.05, 0) is 13.1 Å². The average molecular weight is 196 g/mol. The van der Waals surface area contributed by atoms with Gasteiger partial charge in [0.1, 0.15) is 6.26 Å². The average Bonchev–Trinajstić information content (AvgIpc) is 2.19. The molecule has 0 fully saturated rings. The summed E-state index contributed by atoms with van der Waals surface area (Å²) >= 11 is 0. The van der Waals surface area contributed by atoms with Crippen LogP contribution in [0, 0.1) is 0 Å². The molecule has 76 valence electrons. The molecule has 1 aromatic heterocycles. The number of hydrogen-bond donors (Lipinski definition) is 2. The van der Waals surface area contributed by atoms with Crippen LogP contribution in [0.1, 0.15) is 10.4 Å². The molecule has 5 heteroatoms. The minimum absolute atomic E-state index is 0.246. The summed E-state index contributed by atoms with van der Waals surface area (Å²) in [5.41, 5.74) is -0.113. The molecule has 1 rings (SSSR count). The summed E-state index contributed by atoms with van der Waals surface area (Å²) in [6.45, 7) is 1.23. The molecule has 1 amide bonds. The van der Waals surface area contributed by atoms with Crippen LogP contribution < -0.4 is 16.3 Å². The van der Waals surface area contributed by atoms with Crippen LogP contribution in [0.3, 0.4) is 0 Å². The Morgan fingerprint density at radius 1 is 1.43 bits per heavy atom. The molecule has 0 saturated heterocycles. The van der Waals surface area contributed by atoms with Crippen LogP contribution in [0.25, 0.3) is 0 Å². The molecule has 5 nitrogen and oxygen atoms in total. The largest absolute Gasteiger partial charge is 0.430 e. The van der Waals surface area contributed by atoms with Crippen molar-refractivity contribution >= 4 is 5.91 Å². The Bertz CT molecular complexity index is 339. The fourth-order valence-electron chi connectivity index (χ4n) is 0.890.